The molecule has 0 bridgehead atoms. The third-order valence-corrected chi connectivity index (χ3v) is 5.17. The monoisotopic (exact) mass is 371 g/mol. The summed E-state index contributed by atoms with van der Waals surface area (Å²) in [5.74, 6) is -0.142. The van der Waals surface area contributed by atoms with Crippen LogP contribution < -0.4 is 5.32 Å². The van der Waals surface area contributed by atoms with Gasteiger partial charge < -0.3 is 5.32 Å². The van der Waals surface area contributed by atoms with E-state index < -0.39 is 0 Å². The summed E-state index contributed by atoms with van der Waals surface area (Å²) in [7, 11) is 0. The molecule has 0 aliphatic carbocycles. The van der Waals surface area contributed by atoms with Gasteiger partial charge >= 0.3 is 0 Å². The Morgan fingerprint density at radius 1 is 0.926 bits per heavy atom. The summed E-state index contributed by atoms with van der Waals surface area (Å²) in [6, 6.07) is 15.5. The van der Waals surface area contributed by atoms with Crippen LogP contribution in [-0.4, -0.2) is 15.9 Å². The minimum atomic E-state index is -0.142. The molecule has 0 saturated heterocycles. The quantitative estimate of drug-likeness (QED) is 0.520. The minimum Gasteiger partial charge on any atom is -0.321 e. The maximum absolute atomic E-state index is 12.4. The van der Waals surface area contributed by atoms with Crippen LogP contribution in [0.15, 0.2) is 78.7 Å². The maximum atomic E-state index is 12.4. The van der Waals surface area contributed by atoms with Crippen molar-refractivity contribution >= 4 is 22.9 Å². The molecule has 3 aromatic heterocycles. The first-order valence-electron chi connectivity index (χ1n) is 8.51. The lowest BCUT2D eigenvalue weighted by molar-refractivity contribution is 0.102. The lowest BCUT2D eigenvalue weighted by atomic mass is 10.1. The van der Waals surface area contributed by atoms with Gasteiger partial charge in [-0.25, -0.2) is 0 Å². The lowest BCUT2D eigenvalue weighted by Crippen LogP contribution is -2.11. The van der Waals surface area contributed by atoms with Crippen LogP contribution in [0.3, 0.4) is 0 Å². The molecule has 5 heteroatoms. The number of aromatic nitrogens is 2. The molecule has 0 unspecified atom stereocenters. The Labute approximate surface area is 161 Å². The molecule has 0 fully saturated rings. The van der Waals surface area contributed by atoms with E-state index >= 15 is 0 Å². The van der Waals surface area contributed by atoms with Crippen molar-refractivity contribution in [2.24, 2.45) is 0 Å². The van der Waals surface area contributed by atoms with Gasteiger partial charge in [0.25, 0.3) is 5.91 Å². The van der Waals surface area contributed by atoms with Gasteiger partial charge in [0.2, 0.25) is 0 Å². The Morgan fingerprint density at radius 3 is 2.52 bits per heavy atom. The molecular formula is C22H17N3OS. The van der Waals surface area contributed by atoms with E-state index in [9.17, 15) is 4.79 Å². The maximum Gasteiger partial charge on any atom is 0.255 e. The zero-order valence-electron chi connectivity index (χ0n) is 14.7. The third-order valence-electron chi connectivity index (χ3n) is 4.19. The fourth-order valence-electron chi connectivity index (χ4n) is 2.72. The average Bonchev–Trinajstić information content (AvgIpc) is 3.20. The number of benzene rings is 1. The van der Waals surface area contributed by atoms with Crippen molar-refractivity contribution in [3.8, 4) is 21.6 Å². The molecule has 1 amide bonds. The Balaban J connectivity index is 1.55. The molecule has 0 radical (unpaired) electrons. The molecule has 4 nitrogen and oxygen atoms in total. The smallest absolute Gasteiger partial charge is 0.255 e. The highest BCUT2D eigenvalue weighted by Crippen LogP contribution is 2.32. The van der Waals surface area contributed by atoms with E-state index in [1.54, 1.807) is 29.9 Å². The zero-order valence-corrected chi connectivity index (χ0v) is 15.5. The van der Waals surface area contributed by atoms with Gasteiger partial charge in [-0.3, -0.25) is 14.8 Å². The SMILES string of the molecule is Cc1ccc(C(=O)Nc2cncc(-c3cc(-c4cccnc4)cs3)c2)cc1. The Kier molecular flexibility index (Phi) is 4.77. The molecule has 4 aromatic rings. The zero-order chi connectivity index (χ0) is 18.6. The van der Waals surface area contributed by atoms with Gasteiger partial charge in [0.15, 0.2) is 0 Å². The number of pyridine rings is 2. The van der Waals surface area contributed by atoms with Crippen LogP contribution in [0.25, 0.3) is 21.6 Å². The first kappa shape index (κ1) is 17.1. The summed E-state index contributed by atoms with van der Waals surface area (Å²) in [6.07, 6.45) is 7.08. The molecule has 0 aliphatic rings. The number of nitrogens with one attached hydrogen (secondary N) is 1. The highest BCUT2D eigenvalue weighted by molar-refractivity contribution is 7.14. The topological polar surface area (TPSA) is 54.9 Å². The molecule has 0 aliphatic heterocycles. The number of hydrogen-bond acceptors (Lipinski definition) is 4. The number of thiophene rings is 1. The van der Waals surface area contributed by atoms with Gasteiger partial charge in [0.1, 0.15) is 0 Å². The number of anilines is 1. The molecule has 0 saturated carbocycles. The molecule has 1 aromatic carbocycles. The van der Waals surface area contributed by atoms with E-state index in [4.69, 9.17) is 0 Å². The van der Waals surface area contributed by atoms with E-state index in [1.807, 2.05) is 55.6 Å². The Hall–Kier alpha value is -3.31. The van der Waals surface area contributed by atoms with Crippen molar-refractivity contribution in [2.75, 3.05) is 5.32 Å². The van der Waals surface area contributed by atoms with E-state index in [0.29, 0.717) is 11.3 Å². The second kappa shape index (κ2) is 7.51. The van der Waals surface area contributed by atoms with Gasteiger partial charge in [-0.1, -0.05) is 23.8 Å². The van der Waals surface area contributed by atoms with Crippen molar-refractivity contribution in [3.05, 3.63) is 89.8 Å². The fraction of sp³-hybridized carbons (Fsp3) is 0.0455. The first-order valence-corrected chi connectivity index (χ1v) is 9.39. The molecule has 0 spiro atoms. The van der Waals surface area contributed by atoms with Gasteiger partial charge in [-0.15, -0.1) is 11.3 Å². The Morgan fingerprint density at radius 2 is 1.74 bits per heavy atom. The number of aryl methyl sites for hydroxylation is 1. The predicted octanol–water partition coefficient (Wildman–Crippen LogP) is 5.43. The Bertz CT molecular complexity index is 1070. The van der Waals surface area contributed by atoms with Crippen LogP contribution in [0.1, 0.15) is 15.9 Å². The van der Waals surface area contributed by atoms with Gasteiger partial charge in [0.05, 0.1) is 11.9 Å². The van der Waals surface area contributed by atoms with Gasteiger partial charge in [0, 0.05) is 40.2 Å². The third kappa shape index (κ3) is 3.93. The standard InChI is InChI=1S/C22H17N3OS/c1-15-4-6-16(7-5-15)22(26)25-20-9-18(12-24-13-20)21-10-19(14-27-21)17-3-2-8-23-11-17/h2-14H,1H3,(H,25,26). The van der Waals surface area contributed by atoms with Crippen molar-refractivity contribution in [1.29, 1.82) is 0 Å². The molecule has 132 valence electrons. The normalized spacial score (nSPS) is 10.6. The summed E-state index contributed by atoms with van der Waals surface area (Å²) in [5, 5.41) is 5.02. The second-order valence-electron chi connectivity index (χ2n) is 6.22. The number of nitrogens with zero attached hydrogens (tertiary/aromatic N) is 2. The highest BCUT2D eigenvalue weighted by atomic mass is 32.1. The number of carbonyl (C=O) groups is 1. The summed E-state index contributed by atoms with van der Waals surface area (Å²) < 4.78 is 0. The van der Waals surface area contributed by atoms with Crippen LogP contribution in [0.5, 0.6) is 0 Å². The fourth-order valence-corrected chi connectivity index (χ4v) is 3.62. The van der Waals surface area contributed by atoms with Crippen LogP contribution in [0, 0.1) is 6.92 Å². The molecule has 3 heterocycles. The van der Waals surface area contributed by atoms with Crippen LogP contribution in [-0.2, 0) is 0 Å². The summed E-state index contributed by atoms with van der Waals surface area (Å²) in [5.41, 5.74) is 5.60. The molecule has 4 rings (SSSR count). The largest absolute Gasteiger partial charge is 0.321 e. The summed E-state index contributed by atoms with van der Waals surface area (Å²) >= 11 is 1.64. The van der Waals surface area contributed by atoms with Crippen molar-refractivity contribution in [3.63, 3.8) is 0 Å². The highest BCUT2D eigenvalue weighted by Gasteiger charge is 2.09. The van der Waals surface area contributed by atoms with E-state index in [-0.39, 0.29) is 5.91 Å². The van der Waals surface area contributed by atoms with Crippen LogP contribution in [0.4, 0.5) is 5.69 Å². The molecule has 1 N–H and O–H groups in total. The van der Waals surface area contributed by atoms with Gasteiger partial charge in [-0.2, -0.15) is 0 Å². The van der Waals surface area contributed by atoms with Crippen molar-refractivity contribution in [2.45, 2.75) is 6.92 Å². The number of carbonyl (C=O) groups excluding carboxylic acids is 1. The van der Waals surface area contributed by atoms with E-state index in [0.717, 1.165) is 27.1 Å². The van der Waals surface area contributed by atoms with E-state index in [1.165, 1.54) is 0 Å². The predicted molar refractivity (Wildman–Crippen MR) is 110 cm³/mol. The second-order valence-corrected chi connectivity index (χ2v) is 7.14. The lowest BCUT2D eigenvalue weighted by Gasteiger charge is -2.06. The van der Waals surface area contributed by atoms with Gasteiger partial charge in [-0.05, 0) is 48.2 Å². The molecule has 0 atom stereocenters. The molecular weight excluding hydrogens is 354 g/mol. The molecule has 27 heavy (non-hydrogen) atoms. The summed E-state index contributed by atoms with van der Waals surface area (Å²) in [4.78, 5) is 22.0. The van der Waals surface area contributed by atoms with Crippen LogP contribution in [0.2, 0.25) is 0 Å². The van der Waals surface area contributed by atoms with Crippen molar-refractivity contribution in [1.82, 2.24) is 9.97 Å². The summed E-state index contributed by atoms with van der Waals surface area (Å²) in [6.45, 7) is 2.00. The van der Waals surface area contributed by atoms with Crippen molar-refractivity contribution < 1.29 is 4.79 Å². The first-order chi connectivity index (χ1) is 13.2. The number of rotatable bonds is 4. The number of amides is 1. The van der Waals surface area contributed by atoms with Crippen LogP contribution >= 0.6 is 11.3 Å². The average molecular weight is 371 g/mol. The van der Waals surface area contributed by atoms with E-state index in [2.05, 4.69) is 26.7 Å². The number of hydrogen-bond donors (Lipinski definition) is 1. The minimum absolute atomic E-state index is 0.142.